The van der Waals surface area contributed by atoms with E-state index in [4.69, 9.17) is 0 Å². The maximum atomic E-state index is 10.00. The molecule has 0 bridgehead atoms. The van der Waals surface area contributed by atoms with Gasteiger partial charge < -0.3 is 4.89 Å². The number of rotatable bonds is 2. The van der Waals surface area contributed by atoms with Crippen LogP contribution in [-0.4, -0.2) is 25.7 Å². The largest absolute Gasteiger partial charge is 0.681 e. The van der Waals surface area contributed by atoms with Crippen LogP contribution >= 0.6 is 15.9 Å². The smallest absolute Gasteiger partial charge is 0.335 e. The Kier molecular flexibility index (Phi) is 20.9. The molecule has 0 fully saturated rings. The molecule has 0 saturated heterocycles. The first-order valence-electron chi connectivity index (χ1n) is 3.42. The Bertz CT molecular complexity index is 84.5. The van der Waals surface area contributed by atoms with Crippen molar-refractivity contribution in [3.05, 3.63) is 0 Å². The van der Waals surface area contributed by atoms with Gasteiger partial charge in [0.15, 0.2) is 0 Å². The maximum absolute atomic E-state index is 10.00. The van der Waals surface area contributed by atoms with E-state index < -0.39 is 15.9 Å². The molecule has 70 valence electrons. The fourth-order valence-corrected chi connectivity index (χ4v) is 0. The summed E-state index contributed by atoms with van der Waals surface area (Å²) in [4.78, 5) is 10.00. The second-order valence-corrected chi connectivity index (χ2v) is 6.00. The van der Waals surface area contributed by atoms with Crippen molar-refractivity contribution in [1.29, 1.82) is 0 Å². The van der Waals surface area contributed by atoms with Gasteiger partial charge in [0.2, 0.25) is 0 Å². The molecule has 2 nitrogen and oxygen atoms in total. The van der Waals surface area contributed by atoms with Crippen LogP contribution in [0.2, 0.25) is 0 Å². The molecule has 0 radical (unpaired) electrons. The highest BCUT2D eigenvalue weighted by Crippen LogP contribution is 2.14. The Balaban J connectivity index is -0.000000107. The zero-order valence-corrected chi connectivity index (χ0v) is 9.07. The van der Waals surface area contributed by atoms with E-state index >= 15 is 0 Å². The van der Waals surface area contributed by atoms with Crippen molar-refractivity contribution < 1.29 is 9.46 Å². The van der Waals surface area contributed by atoms with E-state index in [0.29, 0.717) is 0 Å². The van der Waals surface area contributed by atoms with Crippen molar-refractivity contribution in [3.63, 3.8) is 0 Å². The van der Waals surface area contributed by atoms with E-state index in [2.05, 4.69) is 0 Å². The number of hydrogen-bond donors (Lipinski definition) is 0. The lowest BCUT2D eigenvalue weighted by molar-refractivity contribution is -0.158. The molecule has 0 amide bonds. The van der Waals surface area contributed by atoms with Crippen LogP contribution in [0.4, 0.5) is 0 Å². The molecule has 0 aliphatic carbocycles. The van der Waals surface area contributed by atoms with Crippen LogP contribution in [0.25, 0.3) is 0 Å². The highest BCUT2D eigenvalue weighted by atomic mass is 31.1. The van der Waals surface area contributed by atoms with Gasteiger partial charge in [-0.15, -0.1) is 0 Å². The average Bonchev–Trinajstić information content (AvgIpc) is 1.89. The molecule has 0 aliphatic rings. The fourth-order valence-electron chi connectivity index (χ4n) is 0. The summed E-state index contributed by atoms with van der Waals surface area (Å²) in [5.74, 6) is 0. The zero-order chi connectivity index (χ0) is 8.57. The van der Waals surface area contributed by atoms with E-state index in [-0.39, 0.29) is 7.43 Å². The fraction of sp³-hybridized carbons (Fsp3) is 1.00. The Hall–Kier alpha value is 0.490. The monoisotopic (exact) mass is 199 g/mol. The molecule has 0 aromatic rings. The highest BCUT2D eigenvalue weighted by molar-refractivity contribution is 7.49. The molecule has 0 spiro atoms. The van der Waals surface area contributed by atoms with E-state index in [0.717, 1.165) is 12.3 Å². The van der Waals surface area contributed by atoms with Gasteiger partial charge in [-0.05, 0) is 13.8 Å². The Labute approximate surface area is 73.0 Å². The normalized spacial score (nSPS) is 11.9. The minimum Gasteiger partial charge on any atom is -0.681 e. The molecule has 2 unspecified atom stereocenters. The average molecular weight is 199 g/mol. The lowest BCUT2D eigenvalue weighted by Gasteiger charge is -1.98. The summed E-state index contributed by atoms with van der Waals surface area (Å²) < 4.78 is 9.96. The van der Waals surface area contributed by atoms with Crippen LogP contribution in [0.15, 0.2) is 0 Å². The van der Waals surface area contributed by atoms with Crippen molar-refractivity contribution in [2.75, 3.05) is 25.7 Å². The Morgan fingerprint density at radius 2 is 1.64 bits per heavy atom. The lowest BCUT2D eigenvalue weighted by atomic mass is 11.0. The topological polar surface area (TPSA) is 40.1 Å². The minimum absolute atomic E-state index is 0. The predicted molar refractivity (Wildman–Crippen MR) is 55.6 cm³/mol. The first-order chi connectivity index (χ1) is 4.54. The first-order valence-corrected chi connectivity index (χ1v) is 7.43. The molecule has 0 rings (SSSR count). The van der Waals surface area contributed by atoms with Crippen molar-refractivity contribution in [3.8, 4) is 0 Å². The molecule has 0 aliphatic heterocycles. The summed E-state index contributed by atoms with van der Waals surface area (Å²) in [6.45, 7) is 7.35. The van der Waals surface area contributed by atoms with Gasteiger partial charge in [0.1, 0.15) is 12.8 Å². The van der Waals surface area contributed by atoms with Crippen LogP contribution in [0, 0.1) is 0 Å². The molecule has 11 heavy (non-hydrogen) atoms. The van der Waals surface area contributed by atoms with Crippen molar-refractivity contribution >= 4 is 15.9 Å². The van der Waals surface area contributed by atoms with Gasteiger partial charge in [-0.3, -0.25) is 0 Å². The Morgan fingerprint density at radius 1 is 1.45 bits per heavy atom. The summed E-state index contributed by atoms with van der Waals surface area (Å²) in [7, 11) is -1.97. The van der Waals surface area contributed by atoms with E-state index in [1.165, 1.54) is 0 Å². The third kappa shape index (κ3) is 37.5. The second kappa shape index (κ2) is 13.1. The quantitative estimate of drug-likeness (QED) is 0.640. The SMILES string of the molecule is C.CC[P+](C)=O.CC[PH+](C)[O-]. The summed E-state index contributed by atoms with van der Waals surface area (Å²) in [5, 5.41) is 0. The van der Waals surface area contributed by atoms with E-state index in [9.17, 15) is 9.46 Å². The summed E-state index contributed by atoms with van der Waals surface area (Å²) >= 11 is 0. The van der Waals surface area contributed by atoms with Gasteiger partial charge >= 0.3 is 7.80 Å². The summed E-state index contributed by atoms with van der Waals surface area (Å²) in [6, 6.07) is 0. The lowest BCUT2D eigenvalue weighted by Crippen LogP contribution is -1.91. The van der Waals surface area contributed by atoms with Gasteiger partial charge in [0, 0.05) is 12.8 Å². The van der Waals surface area contributed by atoms with Gasteiger partial charge in [0.05, 0.1) is 0 Å². The minimum atomic E-state index is -1.12. The van der Waals surface area contributed by atoms with Gasteiger partial charge in [-0.2, -0.15) is 0 Å². The third-order valence-corrected chi connectivity index (χ3v) is 2.83. The highest BCUT2D eigenvalue weighted by Gasteiger charge is 1.93. The Morgan fingerprint density at radius 3 is 1.64 bits per heavy atom. The molecule has 2 atom stereocenters. The molecule has 0 heterocycles. The van der Waals surface area contributed by atoms with Crippen LogP contribution in [-0.2, 0) is 4.57 Å². The molecule has 0 N–H and O–H groups in total. The van der Waals surface area contributed by atoms with Crippen molar-refractivity contribution in [1.82, 2.24) is 0 Å². The van der Waals surface area contributed by atoms with Crippen LogP contribution in [0.5, 0.6) is 0 Å². The standard InChI is InChI=1S/C3H9OP.C3H8OP.CH4/c2*1-3-5(2)4;/h5H,3H2,1-2H3;3H2,1-2H3;1H4/q;+1;. The van der Waals surface area contributed by atoms with Crippen LogP contribution in [0.3, 0.4) is 0 Å². The van der Waals surface area contributed by atoms with E-state index in [1.54, 1.807) is 13.3 Å². The second-order valence-electron chi connectivity index (χ2n) is 2.00. The molecular weight excluding hydrogens is 178 g/mol. The van der Waals surface area contributed by atoms with Gasteiger partial charge in [-0.25, -0.2) is 0 Å². The van der Waals surface area contributed by atoms with Crippen LogP contribution < -0.4 is 4.89 Å². The molecule has 0 aromatic heterocycles. The molecular formula is C7H21O2P2+. The third-order valence-electron chi connectivity index (χ3n) is 0.943. The first kappa shape index (κ1) is 17.5. The summed E-state index contributed by atoms with van der Waals surface area (Å²) in [5.41, 5.74) is 0. The van der Waals surface area contributed by atoms with Crippen LogP contribution in [0.1, 0.15) is 21.3 Å². The van der Waals surface area contributed by atoms with Crippen molar-refractivity contribution in [2.45, 2.75) is 21.3 Å². The summed E-state index contributed by atoms with van der Waals surface area (Å²) in [6.07, 6.45) is 1.67. The zero-order valence-electron chi connectivity index (χ0n) is 7.18. The molecule has 4 heteroatoms. The molecule has 0 aromatic carbocycles. The van der Waals surface area contributed by atoms with E-state index in [1.807, 2.05) is 13.8 Å². The number of hydrogen-bond acceptors (Lipinski definition) is 2. The molecule has 0 saturated carbocycles. The maximum Gasteiger partial charge on any atom is 0.335 e. The van der Waals surface area contributed by atoms with Crippen molar-refractivity contribution in [2.24, 2.45) is 0 Å². The van der Waals surface area contributed by atoms with Gasteiger partial charge in [0.25, 0.3) is 0 Å². The van der Waals surface area contributed by atoms with Gasteiger partial charge in [-0.1, -0.05) is 20.1 Å². The predicted octanol–water partition coefficient (Wildman–Crippen LogP) is 2.23.